The topological polar surface area (TPSA) is 32.8 Å². The van der Waals surface area contributed by atoms with E-state index in [1.807, 2.05) is 12.1 Å². The molecule has 0 saturated carbocycles. The normalized spacial score (nSPS) is 11.9. The molecule has 13 aromatic rings. The first-order valence-electron chi connectivity index (χ1n) is 24.1. The van der Waals surface area contributed by atoms with E-state index in [9.17, 15) is 0 Å². The Kier molecular flexibility index (Phi) is 9.82. The number of benzene rings is 11. The number of hydrogen-bond acceptors (Lipinski definition) is 4. The van der Waals surface area contributed by atoms with Crippen molar-refractivity contribution < 1.29 is 8.83 Å². The monoisotopic (exact) mass is 916 g/mol. The van der Waals surface area contributed by atoms with Crippen molar-refractivity contribution in [1.82, 2.24) is 0 Å². The molecule has 0 radical (unpaired) electrons. The van der Waals surface area contributed by atoms with Gasteiger partial charge in [0, 0.05) is 55.2 Å². The fourth-order valence-electron chi connectivity index (χ4n) is 10.5. The van der Waals surface area contributed by atoms with Crippen LogP contribution >= 0.6 is 0 Å². The van der Waals surface area contributed by atoms with Crippen molar-refractivity contribution in [3.63, 3.8) is 0 Å². The van der Waals surface area contributed by atoms with Crippen LogP contribution in [0.5, 0.6) is 0 Å². The van der Waals surface area contributed by atoms with Crippen molar-refractivity contribution in [2.45, 2.75) is 19.6 Å². The molecule has 0 aliphatic heterocycles. The van der Waals surface area contributed by atoms with Crippen LogP contribution in [0.25, 0.3) is 87.7 Å². The van der Waals surface area contributed by atoms with Crippen molar-refractivity contribution in [1.29, 1.82) is 0 Å². The Hall–Kier alpha value is -8.64. The Morgan fingerprint density at radius 3 is 1.66 bits per heavy atom. The van der Waals surface area contributed by atoms with Gasteiger partial charge in [0.25, 0.3) is 0 Å². The Balaban J connectivity index is 0.924. The van der Waals surface area contributed by atoms with Crippen LogP contribution in [0.2, 0.25) is 19.6 Å². The SMILES string of the molecule is C[Si](C)(C)c1ccc(N(c2ccccc2)c2ccc3c(c2)c2ccccc2c2c4ccc(-c5ccc(N(c6ccccc6-c6ccccc6)c6cccc7c6oc6ccccc67)cc5)cc4oc32)cc1. The molecular formula is C65H48N2O2Si. The standard InChI is InChI=1S/C65H48N2O2Si/c1-70(2,3)50-37-34-47(35-38-50)66(46-19-8-5-9-20-46)49-36-40-56-58(42-49)52-22-10-11-24-54(52)63-57-39-31-45(41-62(57)69-65(56)63)43-29-32-48(33-30-43)67(59-26-14-12-21-51(59)44-17-6-4-7-18-44)60-27-16-25-55-53-23-13-15-28-61(53)68-64(55)60/h4-42H,1-3H3. The molecule has 0 spiro atoms. The maximum absolute atomic E-state index is 7.02. The summed E-state index contributed by atoms with van der Waals surface area (Å²) in [7, 11) is -1.47. The number of hydrogen-bond donors (Lipinski definition) is 0. The second-order valence-electron chi connectivity index (χ2n) is 19.3. The van der Waals surface area contributed by atoms with Crippen LogP contribution < -0.4 is 15.0 Å². The molecule has 0 bridgehead atoms. The van der Waals surface area contributed by atoms with Gasteiger partial charge in [-0.25, -0.2) is 0 Å². The molecule has 0 amide bonds. The minimum absolute atomic E-state index is 0.850. The zero-order valence-electron chi connectivity index (χ0n) is 39.2. The summed E-state index contributed by atoms with van der Waals surface area (Å²) in [6.45, 7) is 7.20. The first kappa shape index (κ1) is 41.5. The highest BCUT2D eigenvalue weighted by Crippen LogP contribution is 2.47. The highest BCUT2D eigenvalue weighted by molar-refractivity contribution is 6.88. The number of fused-ring (bicyclic) bond motifs is 11. The predicted octanol–water partition coefficient (Wildman–Crippen LogP) is 18.6. The Morgan fingerprint density at radius 2 is 0.871 bits per heavy atom. The molecule has 13 rings (SSSR count). The second-order valence-corrected chi connectivity index (χ2v) is 24.4. The van der Waals surface area contributed by atoms with E-state index in [4.69, 9.17) is 8.83 Å². The molecule has 11 aromatic carbocycles. The summed E-state index contributed by atoms with van der Waals surface area (Å²) in [6, 6.07) is 85.0. The van der Waals surface area contributed by atoms with Gasteiger partial charge >= 0.3 is 0 Å². The molecule has 334 valence electrons. The zero-order valence-corrected chi connectivity index (χ0v) is 40.2. The molecule has 0 fully saturated rings. The fraction of sp³-hybridized carbons (Fsp3) is 0.0462. The summed E-state index contributed by atoms with van der Waals surface area (Å²) >= 11 is 0. The lowest BCUT2D eigenvalue weighted by molar-refractivity contribution is 0.669. The van der Waals surface area contributed by atoms with E-state index < -0.39 is 8.07 Å². The fourth-order valence-corrected chi connectivity index (χ4v) is 11.7. The molecule has 0 aliphatic rings. The Labute approximate surface area is 407 Å². The van der Waals surface area contributed by atoms with E-state index in [-0.39, 0.29) is 0 Å². The lowest BCUT2D eigenvalue weighted by Crippen LogP contribution is -2.37. The first-order chi connectivity index (χ1) is 34.4. The van der Waals surface area contributed by atoms with Crippen LogP contribution in [-0.4, -0.2) is 8.07 Å². The molecule has 2 heterocycles. The minimum atomic E-state index is -1.47. The smallest absolute Gasteiger partial charge is 0.159 e. The maximum Gasteiger partial charge on any atom is 0.159 e. The van der Waals surface area contributed by atoms with Crippen LogP contribution in [0.15, 0.2) is 245 Å². The number of rotatable bonds is 9. The van der Waals surface area contributed by atoms with Gasteiger partial charge in [0.2, 0.25) is 0 Å². The summed E-state index contributed by atoms with van der Waals surface area (Å²) in [4.78, 5) is 4.70. The largest absolute Gasteiger partial charge is 0.455 e. The molecule has 0 unspecified atom stereocenters. The second kappa shape index (κ2) is 16.5. The zero-order chi connectivity index (χ0) is 46.9. The van der Waals surface area contributed by atoms with Crippen molar-refractivity contribution >= 4 is 113 Å². The van der Waals surface area contributed by atoms with Gasteiger partial charge in [-0.15, -0.1) is 0 Å². The van der Waals surface area contributed by atoms with Gasteiger partial charge in [-0.05, 0) is 118 Å². The van der Waals surface area contributed by atoms with Crippen LogP contribution in [0.1, 0.15) is 0 Å². The lowest BCUT2D eigenvalue weighted by atomic mass is 9.95. The van der Waals surface area contributed by atoms with E-state index in [0.29, 0.717) is 0 Å². The molecule has 4 nitrogen and oxygen atoms in total. The van der Waals surface area contributed by atoms with Crippen LogP contribution in [0.3, 0.4) is 0 Å². The highest BCUT2D eigenvalue weighted by Gasteiger charge is 2.24. The Morgan fingerprint density at radius 1 is 0.314 bits per heavy atom. The van der Waals surface area contributed by atoms with Gasteiger partial charge < -0.3 is 18.6 Å². The third kappa shape index (κ3) is 6.97. The average Bonchev–Trinajstić information content (AvgIpc) is 3.99. The Bertz CT molecular complexity index is 4090. The molecule has 2 aromatic heterocycles. The molecule has 0 N–H and O–H groups in total. The van der Waals surface area contributed by atoms with Gasteiger partial charge in [-0.2, -0.15) is 0 Å². The van der Waals surface area contributed by atoms with Gasteiger partial charge in [-0.3, -0.25) is 0 Å². The molecule has 0 atom stereocenters. The van der Waals surface area contributed by atoms with Crippen LogP contribution in [-0.2, 0) is 0 Å². The maximum atomic E-state index is 7.02. The molecule has 5 heteroatoms. The van der Waals surface area contributed by atoms with Crippen LogP contribution in [0, 0.1) is 0 Å². The number of para-hydroxylation sites is 4. The summed E-state index contributed by atoms with van der Waals surface area (Å²) in [5.41, 5.74) is 14.4. The third-order valence-electron chi connectivity index (χ3n) is 14.0. The van der Waals surface area contributed by atoms with Crippen molar-refractivity contribution in [3.8, 4) is 22.3 Å². The van der Waals surface area contributed by atoms with E-state index in [1.54, 1.807) is 0 Å². The summed E-state index contributed by atoms with van der Waals surface area (Å²) in [6.07, 6.45) is 0. The van der Waals surface area contributed by atoms with Crippen molar-refractivity contribution in [3.05, 3.63) is 237 Å². The van der Waals surface area contributed by atoms with E-state index in [1.165, 1.54) is 16.0 Å². The van der Waals surface area contributed by atoms with Gasteiger partial charge in [-0.1, -0.05) is 176 Å². The number of furan rings is 2. The number of nitrogens with zero attached hydrogens (tertiary/aromatic N) is 2. The molecular weight excluding hydrogens is 869 g/mol. The summed E-state index contributed by atoms with van der Waals surface area (Å²) in [5.74, 6) is 0. The van der Waals surface area contributed by atoms with E-state index in [0.717, 1.165) is 111 Å². The lowest BCUT2D eigenvalue weighted by Gasteiger charge is -2.28. The summed E-state index contributed by atoms with van der Waals surface area (Å²) < 4.78 is 13.7. The van der Waals surface area contributed by atoms with Gasteiger partial charge in [0.05, 0.1) is 19.4 Å². The first-order valence-corrected chi connectivity index (χ1v) is 27.6. The highest BCUT2D eigenvalue weighted by atomic mass is 28.3. The average molecular weight is 917 g/mol. The third-order valence-corrected chi connectivity index (χ3v) is 16.1. The quantitative estimate of drug-likeness (QED) is 0.107. The van der Waals surface area contributed by atoms with E-state index in [2.05, 4.69) is 254 Å². The van der Waals surface area contributed by atoms with Gasteiger partial charge in [0.15, 0.2) is 5.58 Å². The predicted molar refractivity (Wildman–Crippen MR) is 299 cm³/mol. The molecule has 0 aliphatic carbocycles. The molecule has 0 saturated heterocycles. The number of anilines is 6. The van der Waals surface area contributed by atoms with Gasteiger partial charge in [0.1, 0.15) is 16.7 Å². The minimum Gasteiger partial charge on any atom is -0.455 e. The van der Waals surface area contributed by atoms with Crippen molar-refractivity contribution in [2.75, 3.05) is 9.80 Å². The van der Waals surface area contributed by atoms with Crippen molar-refractivity contribution in [2.24, 2.45) is 0 Å². The van der Waals surface area contributed by atoms with E-state index >= 15 is 0 Å². The molecule has 70 heavy (non-hydrogen) atoms. The van der Waals surface area contributed by atoms with Crippen LogP contribution in [0.4, 0.5) is 34.1 Å². The summed E-state index contributed by atoms with van der Waals surface area (Å²) in [5, 5.41) is 10.5.